The van der Waals surface area contributed by atoms with Crippen molar-refractivity contribution in [2.24, 2.45) is 0 Å². The Morgan fingerprint density at radius 1 is 0.453 bits per heavy atom. The summed E-state index contributed by atoms with van der Waals surface area (Å²) in [7, 11) is 0. The number of benzene rings is 2. The molecule has 5 heteroatoms. The number of allylic oxidation sites excluding steroid dienone is 1. The van der Waals surface area contributed by atoms with Gasteiger partial charge in [0.25, 0.3) is 5.91 Å². The average Bonchev–Trinajstić information content (AvgIpc) is 3.95. The van der Waals surface area contributed by atoms with E-state index in [1.54, 1.807) is 0 Å². The Balaban J connectivity index is 0.000000626. The van der Waals surface area contributed by atoms with E-state index < -0.39 is 0 Å². The molecule has 0 bridgehead atoms. The van der Waals surface area contributed by atoms with Crippen LogP contribution < -0.4 is 10.6 Å². The van der Waals surface area contributed by atoms with Gasteiger partial charge in [0.15, 0.2) is 0 Å². The number of hydrogen-bond donors (Lipinski definition) is 2. The van der Waals surface area contributed by atoms with Gasteiger partial charge >= 0.3 is 0 Å². The Morgan fingerprint density at radius 2 is 0.811 bits per heavy atom. The van der Waals surface area contributed by atoms with Crippen molar-refractivity contribution in [3.63, 3.8) is 0 Å². The minimum atomic E-state index is -0.00120. The second kappa shape index (κ2) is 29.9. The molecule has 0 aromatic heterocycles. The highest BCUT2D eigenvalue weighted by atomic mass is 16.2. The Hall–Kier alpha value is -5.81. The lowest BCUT2D eigenvalue weighted by molar-refractivity contribution is -0.115. The third kappa shape index (κ3) is 16.4. The van der Waals surface area contributed by atoms with Gasteiger partial charge in [0, 0.05) is 22.5 Å². The molecule has 2 aromatic rings. The Bertz CT molecular complexity index is 1680. The molecule has 2 aromatic carbocycles. The summed E-state index contributed by atoms with van der Waals surface area (Å²) in [4.78, 5) is 30.9. The number of fused-ring (bicyclic) bond motifs is 4. The van der Waals surface area contributed by atoms with Gasteiger partial charge in [-0.1, -0.05) is 195 Å². The molecular weight excluding hydrogens is 653 g/mol. The average molecular weight is 713 g/mol. The summed E-state index contributed by atoms with van der Waals surface area (Å²) in [5, 5.41) is 5.55. The summed E-state index contributed by atoms with van der Waals surface area (Å²) in [5.41, 5.74) is 10.00. The SMILES string of the molecule is C/C=C1\C(=O)Nc2ccccc21.CC.CC.CC.CC.CC=O.O=C1Cc2ccccc2N1.c1ccc2cccc-2cc1.c1ccc2cccc-2cc1. The number of nitrogens with one attached hydrogen (secondary N) is 2. The van der Waals surface area contributed by atoms with E-state index in [2.05, 4.69) is 95.6 Å². The molecule has 8 rings (SSSR count). The molecule has 0 atom stereocenters. The topological polar surface area (TPSA) is 75.3 Å². The second-order valence-electron chi connectivity index (χ2n) is 10.0. The predicted molar refractivity (Wildman–Crippen MR) is 231 cm³/mol. The summed E-state index contributed by atoms with van der Waals surface area (Å²) >= 11 is 0. The third-order valence-corrected chi connectivity index (χ3v) is 6.96. The van der Waals surface area contributed by atoms with Crippen LogP contribution in [0.25, 0.3) is 27.8 Å². The van der Waals surface area contributed by atoms with Crippen LogP contribution in [-0.2, 0) is 20.8 Å². The van der Waals surface area contributed by atoms with Crippen LogP contribution in [0, 0.1) is 0 Å². The van der Waals surface area contributed by atoms with Crippen LogP contribution in [-0.4, -0.2) is 18.1 Å². The minimum absolute atomic E-state index is 0.00120. The van der Waals surface area contributed by atoms with Crippen molar-refractivity contribution in [3.8, 4) is 22.3 Å². The smallest absolute Gasteiger partial charge is 0.256 e. The van der Waals surface area contributed by atoms with Crippen LogP contribution in [0.4, 0.5) is 11.4 Å². The zero-order valence-electron chi connectivity index (χ0n) is 33.4. The van der Waals surface area contributed by atoms with Crippen LogP contribution in [0.15, 0.2) is 152 Å². The molecule has 0 spiro atoms. The van der Waals surface area contributed by atoms with Crippen molar-refractivity contribution in [2.75, 3.05) is 10.6 Å². The van der Waals surface area contributed by atoms with E-state index in [9.17, 15) is 9.59 Å². The van der Waals surface area contributed by atoms with Gasteiger partial charge in [-0.05, 0) is 53.8 Å². The highest BCUT2D eigenvalue weighted by molar-refractivity contribution is 6.31. The lowest BCUT2D eigenvalue weighted by atomic mass is 10.1. The first-order valence-electron chi connectivity index (χ1n) is 18.8. The van der Waals surface area contributed by atoms with E-state index >= 15 is 0 Å². The number of amides is 2. The zero-order chi connectivity index (χ0) is 39.9. The fourth-order valence-corrected chi connectivity index (χ4v) is 4.86. The van der Waals surface area contributed by atoms with Gasteiger partial charge in [0.1, 0.15) is 6.29 Å². The lowest BCUT2D eigenvalue weighted by Gasteiger charge is -1.94. The molecule has 0 radical (unpaired) electrons. The summed E-state index contributed by atoms with van der Waals surface area (Å²) in [5.74, 6) is 0.0971. The van der Waals surface area contributed by atoms with E-state index in [1.807, 2.05) is 129 Å². The standard InChI is InChI=1S/C10H9NO.2C10H8.C8H7NO.C2H4O.4C2H6/c1-2-7-8-5-3-4-6-9(8)11-10(7)12;2*1-2-5-9-7-4-8-10(9)6-3-1;10-8-5-6-3-1-2-4-7(6)9-8;1-2-3;4*1-2/h2-6H,1H3,(H,11,12);2*1-8H;1-4H,5H2,(H,9,10);2H,1H3;4*1-2H3/b7-2-;;;;;;;;. The van der Waals surface area contributed by atoms with Crippen LogP contribution in [0.3, 0.4) is 0 Å². The van der Waals surface area contributed by atoms with Crippen LogP contribution in [0.2, 0.25) is 0 Å². The van der Waals surface area contributed by atoms with Gasteiger partial charge in [-0.3, -0.25) is 9.59 Å². The fourth-order valence-electron chi connectivity index (χ4n) is 4.86. The van der Waals surface area contributed by atoms with Crippen molar-refractivity contribution in [2.45, 2.75) is 75.7 Å². The first kappa shape index (κ1) is 47.2. The minimum Gasteiger partial charge on any atom is -0.326 e. The van der Waals surface area contributed by atoms with E-state index in [1.165, 1.54) is 29.2 Å². The number of hydrogen-bond acceptors (Lipinski definition) is 3. The molecule has 4 aliphatic carbocycles. The first-order chi connectivity index (χ1) is 26.0. The Morgan fingerprint density at radius 3 is 1.23 bits per heavy atom. The highest BCUT2D eigenvalue weighted by Crippen LogP contribution is 2.30. The molecule has 0 saturated heterocycles. The van der Waals surface area contributed by atoms with Crippen LogP contribution >= 0.6 is 0 Å². The number of rotatable bonds is 0. The van der Waals surface area contributed by atoms with Crippen molar-refractivity contribution < 1.29 is 14.4 Å². The number of para-hydroxylation sites is 2. The number of aldehydes is 1. The van der Waals surface area contributed by atoms with Crippen LogP contribution in [0.5, 0.6) is 0 Å². The van der Waals surface area contributed by atoms with Crippen molar-refractivity contribution in [3.05, 3.63) is 163 Å². The fraction of sp³-hybridized carbons (Fsp3) is 0.229. The number of carbonyl (C=O) groups is 3. The molecule has 0 fully saturated rings. The molecule has 53 heavy (non-hydrogen) atoms. The van der Waals surface area contributed by atoms with Gasteiger partial charge in [0.05, 0.1) is 6.42 Å². The molecule has 2 N–H and O–H groups in total. The van der Waals surface area contributed by atoms with E-state index in [-0.39, 0.29) is 11.8 Å². The molecule has 2 heterocycles. The molecular formula is C48H60N2O3. The first-order valence-corrected chi connectivity index (χ1v) is 18.8. The predicted octanol–water partition coefficient (Wildman–Crippen LogP) is 13.1. The van der Waals surface area contributed by atoms with Crippen molar-refractivity contribution in [1.82, 2.24) is 0 Å². The highest BCUT2D eigenvalue weighted by Gasteiger charge is 2.21. The maximum absolute atomic E-state index is 11.3. The summed E-state index contributed by atoms with van der Waals surface area (Å²) in [6, 6.07) is 48.9. The van der Waals surface area contributed by atoms with Gasteiger partial charge in [-0.2, -0.15) is 0 Å². The largest absolute Gasteiger partial charge is 0.326 e. The molecule has 2 aliphatic heterocycles. The normalized spacial score (nSPS) is 11.2. The molecule has 280 valence electrons. The maximum Gasteiger partial charge on any atom is 0.256 e. The van der Waals surface area contributed by atoms with Crippen molar-refractivity contribution in [1.29, 1.82) is 0 Å². The van der Waals surface area contributed by atoms with Gasteiger partial charge in [-0.15, -0.1) is 0 Å². The van der Waals surface area contributed by atoms with Gasteiger partial charge in [-0.25, -0.2) is 0 Å². The summed E-state index contributed by atoms with van der Waals surface area (Å²) in [6.45, 7) is 19.3. The quantitative estimate of drug-likeness (QED) is 0.122. The lowest BCUT2D eigenvalue weighted by Crippen LogP contribution is -2.03. The Kier molecular flexibility index (Phi) is 26.6. The van der Waals surface area contributed by atoms with E-state index in [0.717, 1.165) is 34.4 Å². The maximum atomic E-state index is 11.3. The molecule has 0 unspecified atom stereocenters. The van der Waals surface area contributed by atoms with E-state index in [0.29, 0.717) is 6.42 Å². The third-order valence-electron chi connectivity index (χ3n) is 6.96. The Labute approximate surface area is 319 Å². The molecule has 6 aliphatic rings. The molecule has 0 saturated carbocycles. The van der Waals surface area contributed by atoms with E-state index in [4.69, 9.17) is 4.79 Å². The van der Waals surface area contributed by atoms with Crippen LogP contribution in [0.1, 0.15) is 80.4 Å². The number of carbonyl (C=O) groups excluding carboxylic acids is 3. The summed E-state index contributed by atoms with van der Waals surface area (Å²) < 4.78 is 0. The summed E-state index contributed by atoms with van der Waals surface area (Å²) in [6.07, 6.45) is 3.12. The van der Waals surface area contributed by atoms with Gasteiger partial charge in [0.2, 0.25) is 5.91 Å². The molecule has 5 nitrogen and oxygen atoms in total. The second-order valence-corrected chi connectivity index (χ2v) is 10.0. The van der Waals surface area contributed by atoms with Crippen molar-refractivity contribution >= 4 is 35.0 Å². The monoisotopic (exact) mass is 712 g/mol. The number of anilines is 2. The van der Waals surface area contributed by atoms with Gasteiger partial charge < -0.3 is 15.4 Å². The molecule has 2 amide bonds. The zero-order valence-corrected chi connectivity index (χ0v) is 33.4.